The summed E-state index contributed by atoms with van der Waals surface area (Å²) in [5.41, 5.74) is 2.78. The first-order chi connectivity index (χ1) is 11.5. The highest BCUT2D eigenvalue weighted by Gasteiger charge is 2.30. The van der Waals surface area contributed by atoms with Crippen molar-refractivity contribution in [2.45, 2.75) is 26.4 Å². The summed E-state index contributed by atoms with van der Waals surface area (Å²) in [6, 6.07) is 3.79. The first kappa shape index (κ1) is 17.1. The van der Waals surface area contributed by atoms with E-state index in [4.69, 9.17) is 9.47 Å². The molecule has 1 atom stereocenters. The van der Waals surface area contributed by atoms with Crippen LogP contribution in [0, 0.1) is 6.92 Å². The lowest BCUT2D eigenvalue weighted by molar-refractivity contribution is 0.0935. The molecule has 0 saturated heterocycles. The van der Waals surface area contributed by atoms with Crippen LogP contribution in [0.3, 0.4) is 0 Å². The topological polar surface area (TPSA) is 59.6 Å². The Bertz CT molecular complexity index is 804. The quantitative estimate of drug-likeness (QED) is 0.790. The van der Waals surface area contributed by atoms with Crippen molar-refractivity contribution in [2.75, 3.05) is 19.5 Å². The van der Waals surface area contributed by atoms with Crippen molar-refractivity contribution in [3.05, 3.63) is 38.2 Å². The first-order valence-corrected chi connectivity index (χ1v) is 9.22. The van der Waals surface area contributed by atoms with Gasteiger partial charge in [-0.25, -0.2) is 0 Å². The van der Waals surface area contributed by atoms with E-state index < -0.39 is 0 Å². The maximum Gasteiger partial charge on any atom is 0.256 e. The lowest BCUT2D eigenvalue weighted by Gasteiger charge is -2.27. The monoisotopic (exact) mass is 410 g/mol. The van der Waals surface area contributed by atoms with Crippen LogP contribution in [-0.4, -0.2) is 20.1 Å². The van der Waals surface area contributed by atoms with Gasteiger partial charge in [0.1, 0.15) is 11.2 Å². The van der Waals surface area contributed by atoms with Gasteiger partial charge in [0.2, 0.25) is 0 Å². The van der Waals surface area contributed by atoms with Gasteiger partial charge in [0, 0.05) is 4.88 Å². The third kappa shape index (κ3) is 2.75. The number of hydrogen-bond donors (Lipinski definition) is 2. The molecule has 24 heavy (non-hydrogen) atoms. The Hall–Kier alpha value is -1.73. The second-order valence-corrected chi connectivity index (χ2v) is 7.56. The number of ether oxygens (including phenoxy) is 2. The lowest BCUT2D eigenvalue weighted by atomic mass is 10.0. The number of benzene rings is 1. The molecular weight excluding hydrogens is 392 g/mol. The summed E-state index contributed by atoms with van der Waals surface area (Å²) in [4.78, 5) is 13.8. The van der Waals surface area contributed by atoms with E-state index in [0.717, 1.165) is 32.6 Å². The Morgan fingerprint density at radius 2 is 2.00 bits per heavy atom. The largest absolute Gasteiger partial charge is 0.493 e. The van der Waals surface area contributed by atoms with Crippen LogP contribution in [0.2, 0.25) is 0 Å². The van der Waals surface area contributed by atoms with E-state index in [-0.39, 0.29) is 12.1 Å². The minimum Gasteiger partial charge on any atom is -0.493 e. The average Bonchev–Trinajstić information content (AvgIpc) is 2.89. The third-order valence-corrected chi connectivity index (χ3v) is 5.80. The van der Waals surface area contributed by atoms with Crippen LogP contribution >= 0.6 is 27.3 Å². The molecule has 0 unspecified atom stereocenters. The Morgan fingerprint density at radius 1 is 1.25 bits per heavy atom. The molecule has 2 heterocycles. The molecule has 0 saturated carbocycles. The predicted octanol–water partition coefficient (Wildman–Crippen LogP) is 4.25. The zero-order valence-electron chi connectivity index (χ0n) is 14.0. The molecule has 3 rings (SSSR count). The summed E-state index contributed by atoms with van der Waals surface area (Å²) in [5.74, 6) is 1.20. The maximum atomic E-state index is 12.6. The average molecular weight is 411 g/mol. The van der Waals surface area contributed by atoms with Crippen LogP contribution in [0.15, 0.2) is 16.6 Å². The Labute approximate surface area is 153 Å². The van der Waals surface area contributed by atoms with Crippen molar-refractivity contribution in [1.29, 1.82) is 0 Å². The Morgan fingerprint density at radius 3 is 2.62 bits per heavy atom. The summed E-state index contributed by atoms with van der Waals surface area (Å²) in [5, 5.41) is 7.38. The van der Waals surface area contributed by atoms with Crippen LogP contribution in [0.5, 0.6) is 11.5 Å². The molecule has 2 N–H and O–H groups in total. The van der Waals surface area contributed by atoms with E-state index in [1.54, 1.807) is 25.6 Å². The molecule has 128 valence electrons. The molecule has 1 aliphatic heterocycles. The molecule has 0 radical (unpaired) electrons. The minimum atomic E-state index is -0.316. The third-order valence-electron chi connectivity index (χ3n) is 4.13. The number of anilines is 1. The van der Waals surface area contributed by atoms with Crippen LogP contribution in [-0.2, 0) is 6.42 Å². The van der Waals surface area contributed by atoms with Crippen molar-refractivity contribution in [1.82, 2.24) is 5.32 Å². The van der Waals surface area contributed by atoms with Gasteiger partial charge in [0.15, 0.2) is 11.5 Å². The SMILES string of the molecule is CCc1c(C)sc2c1C(=O)N[C@@H](c1cc(Br)c(OC)c(OC)c1)N2. The summed E-state index contributed by atoms with van der Waals surface area (Å²) < 4.78 is 11.5. The van der Waals surface area contributed by atoms with Crippen molar-refractivity contribution < 1.29 is 14.3 Å². The highest BCUT2D eigenvalue weighted by molar-refractivity contribution is 9.10. The van der Waals surface area contributed by atoms with E-state index in [1.807, 2.05) is 12.1 Å². The summed E-state index contributed by atoms with van der Waals surface area (Å²) >= 11 is 5.12. The van der Waals surface area contributed by atoms with Crippen LogP contribution in [0.1, 0.15) is 39.5 Å². The van der Waals surface area contributed by atoms with Crippen molar-refractivity contribution >= 4 is 38.2 Å². The fourth-order valence-corrected chi connectivity index (χ4v) is 4.78. The van der Waals surface area contributed by atoms with E-state index in [9.17, 15) is 4.79 Å². The van der Waals surface area contributed by atoms with Crippen molar-refractivity contribution in [2.24, 2.45) is 0 Å². The summed E-state index contributed by atoms with van der Waals surface area (Å²) in [7, 11) is 3.19. The first-order valence-electron chi connectivity index (χ1n) is 7.61. The number of rotatable bonds is 4. The van der Waals surface area contributed by atoms with Crippen LogP contribution in [0.4, 0.5) is 5.00 Å². The molecule has 2 aromatic rings. The number of halogens is 1. The highest BCUT2D eigenvalue weighted by Crippen LogP contribution is 2.41. The molecule has 0 aliphatic carbocycles. The Kier molecular flexibility index (Phi) is 4.73. The van der Waals surface area contributed by atoms with E-state index in [1.165, 1.54) is 4.88 Å². The summed E-state index contributed by atoms with van der Waals surface area (Å²) in [6.07, 6.45) is 0.531. The van der Waals surface area contributed by atoms with Gasteiger partial charge in [-0.05, 0) is 52.5 Å². The maximum absolute atomic E-state index is 12.6. The second kappa shape index (κ2) is 6.64. The fourth-order valence-electron chi connectivity index (χ4n) is 2.99. The van der Waals surface area contributed by atoms with Crippen molar-refractivity contribution in [3.63, 3.8) is 0 Å². The van der Waals surface area contributed by atoms with Gasteiger partial charge in [-0.15, -0.1) is 11.3 Å². The van der Waals surface area contributed by atoms with Gasteiger partial charge in [-0.2, -0.15) is 0 Å². The van der Waals surface area contributed by atoms with Gasteiger partial charge in [-0.1, -0.05) is 6.92 Å². The van der Waals surface area contributed by atoms with Gasteiger partial charge in [-0.3, -0.25) is 4.79 Å². The standard InChI is InChI=1S/C17H19BrN2O3S/c1-5-10-8(2)24-17-13(10)16(21)19-15(20-17)9-6-11(18)14(23-4)12(7-9)22-3/h6-7,15,20H,5H2,1-4H3,(H,19,21)/t15-/m1/s1. The molecule has 0 fully saturated rings. The number of amides is 1. The molecule has 0 bridgehead atoms. The highest BCUT2D eigenvalue weighted by atomic mass is 79.9. The second-order valence-electron chi connectivity index (χ2n) is 5.48. The molecular formula is C17H19BrN2O3S. The normalized spacial score (nSPS) is 16.2. The number of carbonyl (C=O) groups excluding carboxylic acids is 1. The number of aryl methyl sites for hydroxylation is 1. The lowest BCUT2D eigenvalue weighted by Crippen LogP contribution is -2.38. The van der Waals surface area contributed by atoms with Gasteiger partial charge in [0.05, 0.1) is 24.3 Å². The van der Waals surface area contributed by atoms with E-state index >= 15 is 0 Å². The van der Waals surface area contributed by atoms with Gasteiger partial charge >= 0.3 is 0 Å². The minimum absolute atomic E-state index is 0.0409. The Balaban J connectivity index is 2.00. The zero-order chi connectivity index (χ0) is 17.4. The van der Waals surface area contributed by atoms with Crippen LogP contribution in [0.25, 0.3) is 0 Å². The molecule has 7 heteroatoms. The predicted molar refractivity (Wildman–Crippen MR) is 99.5 cm³/mol. The number of carbonyl (C=O) groups is 1. The molecule has 0 spiro atoms. The smallest absolute Gasteiger partial charge is 0.256 e. The van der Waals surface area contributed by atoms with Gasteiger partial charge in [0.25, 0.3) is 5.91 Å². The number of hydrogen-bond acceptors (Lipinski definition) is 5. The molecule has 5 nitrogen and oxygen atoms in total. The summed E-state index contributed by atoms with van der Waals surface area (Å²) in [6.45, 7) is 4.12. The zero-order valence-corrected chi connectivity index (χ0v) is 16.4. The molecule has 1 aliphatic rings. The van der Waals surface area contributed by atoms with Crippen LogP contribution < -0.4 is 20.1 Å². The van der Waals surface area contributed by atoms with Crippen molar-refractivity contribution in [3.8, 4) is 11.5 Å². The molecule has 1 aromatic heterocycles. The molecule has 1 amide bonds. The number of fused-ring (bicyclic) bond motifs is 1. The number of methoxy groups -OCH3 is 2. The molecule has 1 aromatic carbocycles. The van der Waals surface area contributed by atoms with E-state index in [2.05, 4.69) is 40.4 Å². The fraction of sp³-hybridized carbons (Fsp3) is 0.353. The number of nitrogens with one attached hydrogen (secondary N) is 2. The van der Waals surface area contributed by atoms with Gasteiger partial charge < -0.3 is 20.1 Å². The van der Waals surface area contributed by atoms with E-state index in [0.29, 0.717) is 11.5 Å². The number of thiophene rings is 1.